The number of nitrogens with two attached hydrogens (primary N) is 1. The van der Waals surface area contributed by atoms with E-state index in [1.54, 1.807) is 0 Å². The first-order chi connectivity index (χ1) is 13.8. The number of benzene rings is 1. The van der Waals surface area contributed by atoms with Gasteiger partial charge in [-0.2, -0.15) is 0 Å². The van der Waals surface area contributed by atoms with Gasteiger partial charge in [0.1, 0.15) is 6.54 Å². The van der Waals surface area contributed by atoms with E-state index in [-0.39, 0.29) is 12.4 Å². The van der Waals surface area contributed by atoms with E-state index >= 15 is 0 Å². The number of quaternary nitrogens is 1. The number of hydrogen-bond donors (Lipinski definition) is 1. The molecule has 1 aromatic rings. The molecule has 0 unspecified atom stereocenters. The van der Waals surface area contributed by atoms with Crippen LogP contribution in [0.3, 0.4) is 0 Å². The third kappa shape index (κ3) is 20.5. The van der Waals surface area contributed by atoms with Crippen molar-refractivity contribution in [1.82, 2.24) is 0 Å². The van der Waals surface area contributed by atoms with Crippen LogP contribution in [0.25, 0.3) is 0 Å². The van der Waals surface area contributed by atoms with Gasteiger partial charge in [0.15, 0.2) is 0 Å². The van der Waals surface area contributed by atoms with Gasteiger partial charge in [-0.05, 0) is 18.8 Å². The van der Waals surface area contributed by atoms with Crippen LogP contribution in [0.15, 0.2) is 30.3 Å². The van der Waals surface area contributed by atoms with Gasteiger partial charge in [-0.3, -0.25) is 0 Å². The lowest BCUT2D eigenvalue weighted by Gasteiger charge is -2.05. The fraction of sp³-hybridized carbons (Fsp3) is 0.778. The van der Waals surface area contributed by atoms with Gasteiger partial charge in [-0.25, -0.2) is 0 Å². The average Bonchev–Trinajstić information content (AvgIpc) is 2.70. The highest BCUT2D eigenvalue weighted by Gasteiger charge is 1.97. The van der Waals surface area contributed by atoms with Crippen LogP contribution in [0.5, 0.6) is 0 Å². The van der Waals surface area contributed by atoms with E-state index in [2.05, 4.69) is 49.5 Å². The van der Waals surface area contributed by atoms with Crippen molar-refractivity contribution in [2.45, 2.75) is 123 Å². The fourth-order valence-electron chi connectivity index (χ4n) is 4.02. The summed E-state index contributed by atoms with van der Waals surface area (Å²) in [7, 11) is 0. The molecule has 170 valence electrons. The number of halogens is 1. The molecule has 0 heterocycles. The van der Waals surface area contributed by atoms with Crippen molar-refractivity contribution < 1.29 is 17.7 Å². The Balaban J connectivity index is 0.00000784. The molecule has 0 aliphatic heterocycles. The molecule has 0 aromatic heterocycles. The summed E-state index contributed by atoms with van der Waals surface area (Å²) in [5.74, 6) is 0.892. The second kappa shape index (κ2) is 22.2. The maximum absolute atomic E-state index is 2.46. The molecule has 1 aromatic carbocycles. The zero-order valence-corrected chi connectivity index (χ0v) is 20.4. The molecule has 0 saturated heterocycles. The monoisotopic (exact) mass is 423 g/mol. The smallest absolute Gasteiger partial charge is 0.101 e. The third-order valence-electron chi connectivity index (χ3n) is 5.91. The highest BCUT2D eigenvalue weighted by molar-refractivity contribution is 5.12. The molecule has 1 rings (SSSR count). The zero-order valence-electron chi connectivity index (χ0n) is 19.6. The number of unbranched alkanes of at least 4 members (excludes halogenated alkanes) is 14. The highest BCUT2D eigenvalue weighted by atomic mass is 35.5. The Morgan fingerprint density at radius 2 is 1.00 bits per heavy atom. The fourth-order valence-corrected chi connectivity index (χ4v) is 4.02. The van der Waals surface area contributed by atoms with Crippen LogP contribution in [-0.2, 0) is 6.54 Å². The molecule has 2 heteroatoms. The lowest BCUT2D eigenvalue weighted by Crippen LogP contribution is -3.00. The summed E-state index contributed by atoms with van der Waals surface area (Å²) in [6, 6.07) is 10.8. The predicted octanol–water partition coefficient (Wildman–Crippen LogP) is 4.65. The molecular weight excluding hydrogens is 374 g/mol. The maximum Gasteiger partial charge on any atom is 0.101 e. The Morgan fingerprint density at radius 3 is 1.45 bits per heavy atom. The van der Waals surface area contributed by atoms with Gasteiger partial charge in [-0.15, -0.1) is 0 Å². The van der Waals surface area contributed by atoms with Crippen LogP contribution in [0.1, 0.15) is 122 Å². The van der Waals surface area contributed by atoms with E-state index in [1.807, 2.05) is 0 Å². The zero-order chi connectivity index (χ0) is 20.1. The van der Waals surface area contributed by atoms with E-state index in [9.17, 15) is 0 Å². The van der Waals surface area contributed by atoms with Crippen molar-refractivity contribution in [3.05, 3.63) is 35.9 Å². The van der Waals surface area contributed by atoms with E-state index in [4.69, 9.17) is 0 Å². The maximum atomic E-state index is 2.46. The lowest BCUT2D eigenvalue weighted by molar-refractivity contribution is -0.671. The molecule has 0 fully saturated rings. The first-order valence-electron chi connectivity index (χ1n) is 12.6. The van der Waals surface area contributed by atoms with Gasteiger partial charge < -0.3 is 17.7 Å². The molecule has 29 heavy (non-hydrogen) atoms. The predicted molar refractivity (Wildman–Crippen MR) is 126 cm³/mol. The molecule has 0 aliphatic carbocycles. The minimum Gasteiger partial charge on any atom is -1.00 e. The summed E-state index contributed by atoms with van der Waals surface area (Å²) in [6.45, 7) is 7.10. The summed E-state index contributed by atoms with van der Waals surface area (Å²) in [5.41, 5.74) is 1.45. The van der Waals surface area contributed by atoms with Crippen LogP contribution in [0.4, 0.5) is 0 Å². The van der Waals surface area contributed by atoms with Crippen LogP contribution in [0.2, 0.25) is 0 Å². The van der Waals surface area contributed by atoms with Crippen molar-refractivity contribution in [1.29, 1.82) is 0 Å². The topological polar surface area (TPSA) is 16.6 Å². The van der Waals surface area contributed by atoms with Crippen molar-refractivity contribution in [3.63, 3.8) is 0 Å². The highest BCUT2D eigenvalue weighted by Crippen LogP contribution is 2.14. The van der Waals surface area contributed by atoms with Crippen LogP contribution >= 0.6 is 0 Å². The summed E-state index contributed by atoms with van der Waals surface area (Å²) < 4.78 is 0. The van der Waals surface area contributed by atoms with E-state index in [1.165, 1.54) is 115 Å². The van der Waals surface area contributed by atoms with Gasteiger partial charge in [-0.1, -0.05) is 134 Å². The summed E-state index contributed by atoms with van der Waals surface area (Å²) in [5, 5.41) is 2.46. The Kier molecular flexibility index (Phi) is 21.8. The summed E-state index contributed by atoms with van der Waals surface area (Å²) in [6.07, 6.45) is 23.3. The molecule has 0 radical (unpaired) electrons. The van der Waals surface area contributed by atoms with Gasteiger partial charge in [0.05, 0.1) is 6.54 Å². The molecule has 0 aliphatic rings. The normalized spacial score (nSPS) is 11.0. The molecule has 0 spiro atoms. The second-order valence-electron chi connectivity index (χ2n) is 9.25. The summed E-state index contributed by atoms with van der Waals surface area (Å²) >= 11 is 0. The molecule has 0 bridgehead atoms. The van der Waals surface area contributed by atoms with Crippen LogP contribution in [-0.4, -0.2) is 6.54 Å². The Hall–Kier alpha value is -0.530. The first-order valence-corrected chi connectivity index (χ1v) is 12.6. The standard InChI is InChI=1S/C27H49N.ClH/c1-26(2)21-17-14-12-10-8-6-4-3-5-7-9-11-13-15-20-24-28-25-27-22-18-16-19-23-27;/h16,18-19,22-23,26,28H,3-15,17,20-21,24-25H2,1-2H3;1H. The van der Waals surface area contributed by atoms with Gasteiger partial charge >= 0.3 is 0 Å². The molecule has 1 nitrogen and oxygen atoms in total. The minimum absolute atomic E-state index is 0. The minimum atomic E-state index is 0. The van der Waals surface area contributed by atoms with Gasteiger partial charge in [0.2, 0.25) is 0 Å². The van der Waals surface area contributed by atoms with Crippen molar-refractivity contribution in [2.75, 3.05) is 6.54 Å². The number of rotatable bonds is 20. The van der Waals surface area contributed by atoms with Crippen LogP contribution < -0.4 is 17.7 Å². The van der Waals surface area contributed by atoms with Gasteiger partial charge in [0, 0.05) is 5.56 Å². The molecule has 0 amide bonds. The molecule has 2 N–H and O–H groups in total. The van der Waals surface area contributed by atoms with E-state index < -0.39 is 0 Å². The molecule has 0 saturated carbocycles. The Bertz CT molecular complexity index is 418. The first kappa shape index (κ1) is 28.5. The second-order valence-corrected chi connectivity index (χ2v) is 9.25. The lowest BCUT2D eigenvalue weighted by atomic mass is 10.0. The van der Waals surface area contributed by atoms with E-state index in [0.29, 0.717) is 0 Å². The largest absolute Gasteiger partial charge is 1.00 e. The Morgan fingerprint density at radius 1 is 0.586 bits per heavy atom. The van der Waals surface area contributed by atoms with Crippen molar-refractivity contribution in [3.8, 4) is 0 Å². The van der Waals surface area contributed by atoms with E-state index in [0.717, 1.165) is 12.5 Å². The average molecular weight is 424 g/mol. The van der Waals surface area contributed by atoms with Crippen molar-refractivity contribution >= 4 is 0 Å². The van der Waals surface area contributed by atoms with Crippen molar-refractivity contribution in [2.24, 2.45) is 5.92 Å². The quantitative estimate of drug-likeness (QED) is 0.294. The summed E-state index contributed by atoms with van der Waals surface area (Å²) in [4.78, 5) is 0. The molecule has 0 atom stereocenters. The van der Waals surface area contributed by atoms with Crippen LogP contribution in [0, 0.1) is 5.92 Å². The van der Waals surface area contributed by atoms with Gasteiger partial charge in [0.25, 0.3) is 0 Å². The number of hydrogen-bond acceptors (Lipinski definition) is 0. The Labute approximate surface area is 189 Å². The SMILES string of the molecule is CC(C)CCCCCCCCCCCCCCCCC[NH2+]Cc1ccccc1.[Cl-]. The molecular formula is C27H50ClN. The third-order valence-corrected chi connectivity index (χ3v) is 5.91.